The molecule has 1 aromatic heterocycles. The highest BCUT2D eigenvalue weighted by atomic mass is 32.2. The van der Waals surface area contributed by atoms with Gasteiger partial charge in [-0.15, -0.1) is 11.3 Å². The van der Waals surface area contributed by atoms with E-state index in [1.807, 2.05) is 6.92 Å². The van der Waals surface area contributed by atoms with Gasteiger partial charge < -0.3 is 5.73 Å². The molecule has 0 aliphatic carbocycles. The lowest BCUT2D eigenvalue weighted by atomic mass is 10.1. The number of aromatic nitrogens is 1. The molecule has 96 valence electrons. The lowest BCUT2D eigenvalue weighted by molar-refractivity contribution is 0.537. The predicted octanol–water partition coefficient (Wildman–Crippen LogP) is 1.67. The first-order valence-electron chi connectivity index (χ1n) is 5.91. The van der Waals surface area contributed by atoms with Gasteiger partial charge in [0.2, 0.25) is 0 Å². The standard InChI is InChI=1S/C11H18N2O2S2/c1-8(12)10-7-13-11(16-10)6-9-4-2-3-5-17(9,14)15/h7-9H,2-6,12H2,1H3. The van der Waals surface area contributed by atoms with Crippen molar-refractivity contribution in [1.29, 1.82) is 0 Å². The number of sulfone groups is 1. The lowest BCUT2D eigenvalue weighted by Gasteiger charge is -2.21. The smallest absolute Gasteiger partial charge is 0.153 e. The van der Waals surface area contributed by atoms with Gasteiger partial charge in [0.15, 0.2) is 9.84 Å². The Bertz CT molecular complexity index is 479. The Balaban J connectivity index is 2.09. The topological polar surface area (TPSA) is 73.0 Å². The summed E-state index contributed by atoms with van der Waals surface area (Å²) in [5.41, 5.74) is 5.77. The van der Waals surface area contributed by atoms with Crippen molar-refractivity contribution in [3.63, 3.8) is 0 Å². The monoisotopic (exact) mass is 274 g/mol. The number of nitrogens with zero attached hydrogens (tertiary/aromatic N) is 1. The fourth-order valence-corrected chi connectivity index (χ4v) is 5.01. The van der Waals surface area contributed by atoms with E-state index in [-0.39, 0.29) is 11.3 Å². The molecule has 0 aromatic carbocycles. The van der Waals surface area contributed by atoms with Crippen LogP contribution in [0, 0.1) is 0 Å². The van der Waals surface area contributed by atoms with Gasteiger partial charge in [0.25, 0.3) is 0 Å². The Kier molecular flexibility index (Phi) is 3.85. The third kappa shape index (κ3) is 3.05. The third-order valence-corrected chi connectivity index (χ3v) is 6.63. The highest BCUT2D eigenvalue weighted by Gasteiger charge is 2.29. The van der Waals surface area contributed by atoms with Crippen molar-refractivity contribution in [1.82, 2.24) is 4.98 Å². The van der Waals surface area contributed by atoms with Crippen molar-refractivity contribution >= 4 is 21.2 Å². The first kappa shape index (κ1) is 13.0. The molecule has 1 aliphatic rings. The van der Waals surface area contributed by atoms with Crippen LogP contribution in [0.3, 0.4) is 0 Å². The van der Waals surface area contributed by atoms with E-state index < -0.39 is 9.84 Å². The van der Waals surface area contributed by atoms with Crippen molar-refractivity contribution in [2.45, 2.75) is 43.9 Å². The number of rotatable bonds is 3. The minimum Gasteiger partial charge on any atom is -0.323 e. The van der Waals surface area contributed by atoms with Gasteiger partial charge in [-0.05, 0) is 19.8 Å². The van der Waals surface area contributed by atoms with Crippen molar-refractivity contribution in [3.8, 4) is 0 Å². The van der Waals surface area contributed by atoms with Crippen molar-refractivity contribution in [2.75, 3.05) is 5.75 Å². The number of thiazole rings is 1. The fourth-order valence-electron chi connectivity index (χ4n) is 2.07. The van der Waals surface area contributed by atoms with E-state index in [2.05, 4.69) is 4.98 Å². The number of hydrogen-bond donors (Lipinski definition) is 1. The van der Waals surface area contributed by atoms with E-state index >= 15 is 0 Å². The van der Waals surface area contributed by atoms with E-state index in [1.54, 1.807) is 6.20 Å². The molecule has 2 atom stereocenters. The van der Waals surface area contributed by atoms with Crippen LogP contribution in [-0.2, 0) is 16.3 Å². The molecule has 6 heteroatoms. The van der Waals surface area contributed by atoms with E-state index in [9.17, 15) is 8.42 Å². The summed E-state index contributed by atoms with van der Waals surface area (Å²) in [6.45, 7) is 1.91. The van der Waals surface area contributed by atoms with Gasteiger partial charge in [-0.25, -0.2) is 13.4 Å². The number of nitrogens with two attached hydrogens (primary N) is 1. The molecule has 0 spiro atoms. The zero-order chi connectivity index (χ0) is 12.5. The van der Waals surface area contributed by atoms with Crippen LogP contribution in [0.15, 0.2) is 6.20 Å². The quantitative estimate of drug-likeness (QED) is 0.910. The van der Waals surface area contributed by atoms with Gasteiger partial charge >= 0.3 is 0 Å². The van der Waals surface area contributed by atoms with Crippen LogP contribution < -0.4 is 5.73 Å². The molecule has 2 N–H and O–H groups in total. The van der Waals surface area contributed by atoms with E-state index in [4.69, 9.17) is 5.73 Å². The maximum Gasteiger partial charge on any atom is 0.153 e. The lowest BCUT2D eigenvalue weighted by Crippen LogP contribution is -2.30. The van der Waals surface area contributed by atoms with Gasteiger partial charge in [-0.1, -0.05) is 6.42 Å². The zero-order valence-corrected chi connectivity index (χ0v) is 11.6. The van der Waals surface area contributed by atoms with Gasteiger partial charge in [0.1, 0.15) is 0 Å². The molecule has 17 heavy (non-hydrogen) atoms. The largest absolute Gasteiger partial charge is 0.323 e. The summed E-state index contributed by atoms with van der Waals surface area (Å²) in [6.07, 6.45) is 4.91. The average Bonchev–Trinajstić information content (AvgIpc) is 2.70. The molecule has 2 unspecified atom stereocenters. The minimum atomic E-state index is -2.90. The molecule has 1 aliphatic heterocycles. The highest BCUT2D eigenvalue weighted by Crippen LogP contribution is 2.26. The van der Waals surface area contributed by atoms with Crippen LogP contribution in [0.4, 0.5) is 0 Å². The highest BCUT2D eigenvalue weighted by molar-refractivity contribution is 7.92. The molecule has 1 aromatic rings. The fraction of sp³-hybridized carbons (Fsp3) is 0.727. The number of hydrogen-bond acceptors (Lipinski definition) is 5. The van der Waals surface area contributed by atoms with Crippen LogP contribution in [0.25, 0.3) is 0 Å². The van der Waals surface area contributed by atoms with Crippen LogP contribution in [0.1, 0.15) is 42.1 Å². The van der Waals surface area contributed by atoms with Crippen molar-refractivity contribution in [2.24, 2.45) is 5.73 Å². The van der Waals surface area contributed by atoms with Crippen LogP contribution in [0.5, 0.6) is 0 Å². The summed E-state index contributed by atoms with van der Waals surface area (Å²) in [6, 6.07) is -0.0239. The molecular formula is C11H18N2O2S2. The molecule has 0 saturated carbocycles. The molecule has 0 radical (unpaired) electrons. The Labute approximate surface area is 106 Å². The van der Waals surface area contributed by atoms with Gasteiger partial charge in [-0.3, -0.25) is 0 Å². The van der Waals surface area contributed by atoms with E-state index in [1.165, 1.54) is 11.3 Å². The van der Waals surface area contributed by atoms with Crippen molar-refractivity contribution < 1.29 is 8.42 Å². The van der Waals surface area contributed by atoms with Crippen LogP contribution >= 0.6 is 11.3 Å². The summed E-state index contributed by atoms with van der Waals surface area (Å²) in [5.74, 6) is 0.336. The van der Waals surface area contributed by atoms with Gasteiger partial charge in [-0.2, -0.15) is 0 Å². The molecule has 4 nitrogen and oxygen atoms in total. The molecular weight excluding hydrogens is 256 g/mol. The van der Waals surface area contributed by atoms with Crippen LogP contribution in [0.2, 0.25) is 0 Å². The maximum absolute atomic E-state index is 11.9. The molecule has 0 amide bonds. The molecule has 1 fully saturated rings. The summed E-state index contributed by atoms with van der Waals surface area (Å²) in [5, 5.41) is 0.663. The normalized spacial score (nSPS) is 25.6. The Morgan fingerprint density at radius 2 is 2.35 bits per heavy atom. The SMILES string of the molecule is CC(N)c1cnc(CC2CCCCS2(=O)=O)s1. The van der Waals surface area contributed by atoms with E-state index in [0.29, 0.717) is 12.2 Å². The summed E-state index contributed by atoms with van der Waals surface area (Å²) in [4.78, 5) is 5.29. The van der Waals surface area contributed by atoms with Gasteiger partial charge in [0.05, 0.1) is 16.0 Å². The van der Waals surface area contributed by atoms with Crippen molar-refractivity contribution in [3.05, 3.63) is 16.1 Å². The average molecular weight is 274 g/mol. The Morgan fingerprint density at radius 1 is 1.59 bits per heavy atom. The zero-order valence-electron chi connectivity index (χ0n) is 9.93. The second-order valence-corrected chi connectivity index (χ2v) is 8.18. The Hall–Kier alpha value is -0.460. The second kappa shape index (κ2) is 5.04. The summed E-state index contributed by atoms with van der Waals surface area (Å²) < 4.78 is 23.8. The molecule has 2 rings (SSSR count). The second-order valence-electron chi connectivity index (χ2n) is 4.63. The van der Waals surface area contributed by atoms with Crippen LogP contribution in [-0.4, -0.2) is 24.4 Å². The minimum absolute atomic E-state index is 0.0239. The molecule has 2 heterocycles. The Morgan fingerprint density at radius 3 is 2.94 bits per heavy atom. The van der Waals surface area contributed by atoms with E-state index in [0.717, 1.165) is 29.1 Å². The summed E-state index contributed by atoms with van der Waals surface area (Å²) in [7, 11) is -2.90. The maximum atomic E-state index is 11.9. The first-order chi connectivity index (χ1) is 7.99. The van der Waals surface area contributed by atoms with Gasteiger partial charge in [0, 0.05) is 23.5 Å². The molecule has 1 saturated heterocycles. The predicted molar refractivity (Wildman–Crippen MR) is 69.8 cm³/mol. The third-order valence-electron chi connectivity index (χ3n) is 3.14. The first-order valence-corrected chi connectivity index (χ1v) is 8.44. The summed E-state index contributed by atoms with van der Waals surface area (Å²) >= 11 is 1.53. The molecule has 0 bridgehead atoms.